The topological polar surface area (TPSA) is 105 Å². The zero-order valence-electron chi connectivity index (χ0n) is 17.7. The quantitative estimate of drug-likeness (QED) is 0.755. The summed E-state index contributed by atoms with van der Waals surface area (Å²) in [5, 5.41) is 2.82. The first-order valence-corrected chi connectivity index (χ1v) is 11.3. The third-order valence-corrected chi connectivity index (χ3v) is 6.01. The van der Waals surface area contributed by atoms with Crippen LogP contribution in [0.5, 0.6) is 0 Å². The van der Waals surface area contributed by atoms with Crippen molar-refractivity contribution in [3.63, 3.8) is 0 Å². The molecule has 1 aromatic carbocycles. The fraction of sp³-hybridized carbons (Fsp3) is 0.600. The molecular formula is C20H31N3O5S. The van der Waals surface area contributed by atoms with Crippen molar-refractivity contribution in [2.75, 3.05) is 18.4 Å². The average Bonchev–Trinajstić information content (AvgIpc) is 2.60. The molecule has 9 heteroatoms. The molecule has 1 aliphatic heterocycles. The average molecular weight is 426 g/mol. The van der Waals surface area contributed by atoms with Gasteiger partial charge in [0.1, 0.15) is 5.60 Å². The van der Waals surface area contributed by atoms with Crippen molar-refractivity contribution >= 4 is 27.7 Å². The summed E-state index contributed by atoms with van der Waals surface area (Å²) >= 11 is 0. The summed E-state index contributed by atoms with van der Waals surface area (Å²) in [5.74, 6) is -0.343. The highest BCUT2D eigenvalue weighted by molar-refractivity contribution is 7.89. The molecule has 1 fully saturated rings. The van der Waals surface area contributed by atoms with Gasteiger partial charge in [0.25, 0.3) is 0 Å². The highest BCUT2D eigenvalue weighted by atomic mass is 32.2. The van der Waals surface area contributed by atoms with Gasteiger partial charge in [0.2, 0.25) is 15.9 Å². The van der Waals surface area contributed by atoms with Gasteiger partial charge in [-0.05, 0) is 71.7 Å². The van der Waals surface area contributed by atoms with Crippen LogP contribution in [0.4, 0.5) is 10.5 Å². The largest absolute Gasteiger partial charge is 0.444 e. The van der Waals surface area contributed by atoms with Crippen molar-refractivity contribution in [1.82, 2.24) is 9.62 Å². The molecule has 1 aliphatic rings. The molecule has 1 heterocycles. The van der Waals surface area contributed by atoms with Crippen LogP contribution in [0.3, 0.4) is 0 Å². The molecule has 0 spiro atoms. The highest BCUT2D eigenvalue weighted by Crippen LogP contribution is 2.22. The van der Waals surface area contributed by atoms with Gasteiger partial charge in [0.05, 0.1) is 4.90 Å². The van der Waals surface area contributed by atoms with E-state index >= 15 is 0 Å². The molecular weight excluding hydrogens is 394 g/mol. The second-order valence-electron chi connectivity index (χ2n) is 8.53. The Morgan fingerprint density at radius 1 is 1.10 bits per heavy atom. The number of anilines is 1. The van der Waals surface area contributed by atoms with Crippen LogP contribution in [-0.2, 0) is 19.6 Å². The van der Waals surface area contributed by atoms with E-state index in [4.69, 9.17) is 4.74 Å². The highest BCUT2D eigenvalue weighted by Gasteiger charge is 2.30. The number of carbonyl (C=O) groups excluding carboxylic acids is 2. The van der Waals surface area contributed by atoms with Gasteiger partial charge < -0.3 is 15.0 Å². The van der Waals surface area contributed by atoms with Gasteiger partial charge in [-0.3, -0.25) is 4.79 Å². The Bertz CT molecular complexity index is 821. The van der Waals surface area contributed by atoms with Crippen molar-refractivity contribution in [3.8, 4) is 0 Å². The van der Waals surface area contributed by atoms with E-state index in [1.165, 1.54) is 12.1 Å². The van der Waals surface area contributed by atoms with Gasteiger partial charge >= 0.3 is 6.09 Å². The Hall–Kier alpha value is -2.13. The molecule has 2 rings (SSSR count). The predicted molar refractivity (Wildman–Crippen MR) is 111 cm³/mol. The third kappa shape index (κ3) is 7.01. The van der Waals surface area contributed by atoms with E-state index in [0.717, 1.165) is 0 Å². The number of nitrogens with one attached hydrogen (secondary N) is 2. The van der Waals surface area contributed by atoms with Crippen LogP contribution in [0, 0.1) is 5.92 Å². The first-order valence-electron chi connectivity index (χ1n) is 9.78. The fourth-order valence-electron chi connectivity index (χ4n) is 2.99. The van der Waals surface area contributed by atoms with Gasteiger partial charge in [-0.25, -0.2) is 17.9 Å². The van der Waals surface area contributed by atoms with E-state index < -0.39 is 15.6 Å². The zero-order valence-corrected chi connectivity index (χ0v) is 18.5. The van der Waals surface area contributed by atoms with Crippen molar-refractivity contribution in [1.29, 1.82) is 0 Å². The van der Waals surface area contributed by atoms with Gasteiger partial charge in [-0.1, -0.05) is 0 Å². The second-order valence-corrected chi connectivity index (χ2v) is 10.2. The summed E-state index contributed by atoms with van der Waals surface area (Å²) in [6, 6.07) is 5.87. The summed E-state index contributed by atoms with van der Waals surface area (Å²) in [4.78, 5) is 26.4. The number of hydrogen-bond donors (Lipinski definition) is 2. The second kappa shape index (κ2) is 9.13. The molecule has 0 atom stereocenters. The summed E-state index contributed by atoms with van der Waals surface area (Å²) in [7, 11) is -3.56. The number of hydrogen-bond acceptors (Lipinski definition) is 5. The van der Waals surface area contributed by atoms with Crippen molar-refractivity contribution < 1.29 is 22.7 Å². The number of carbonyl (C=O) groups is 2. The monoisotopic (exact) mass is 425 g/mol. The lowest BCUT2D eigenvalue weighted by Gasteiger charge is -2.32. The summed E-state index contributed by atoms with van der Waals surface area (Å²) in [5.41, 5.74) is -0.0107. The number of nitrogens with zero attached hydrogens (tertiary/aromatic N) is 1. The third-order valence-electron chi connectivity index (χ3n) is 4.34. The zero-order chi connectivity index (χ0) is 21.8. The van der Waals surface area contributed by atoms with Crippen molar-refractivity contribution in [2.24, 2.45) is 5.92 Å². The molecule has 1 aromatic rings. The molecule has 0 aliphatic carbocycles. The number of sulfonamides is 1. The Balaban J connectivity index is 1.89. The van der Waals surface area contributed by atoms with Crippen LogP contribution in [0.2, 0.25) is 0 Å². The lowest BCUT2D eigenvalue weighted by atomic mass is 9.96. The Kier molecular flexibility index (Phi) is 7.29. The van der Waals surface area contributed by atoms with Crippen LogP contribution in [0.1, 0.15) is 47.5 Å². The fourth-order valence-corrected chi connectivity index (χ4v) is 4.24. The van der Waals surface area contributed by atoms with Gasteiger partial charge in [-0.2, -0.15) is 0 Å². The van der Waals surface area contributed by atoms with Gasteiger partial charge in [0, 0.05) is 30.7 Å². The van der Waals surface area contributed by atoms with E-state index in [1.54, 1.807) is 30.9 Å². The van der Waals surface area contributed by atoms with Gasteiger partial charge in [-0.15, -0.1) is 0 Å². The normalized spacial score (nSPS) is 16.0. The van der Waals surface area contributed by atoms with Crippen molar-refractivity contribution in [3.05, 3.63) is 24.3 Å². The maximum absolute atomic E-state index is 12.5. The Morgan fingerprint density at radius 3 is 2.14 bits per heavy atom. The van der Waals surface area contributed by atoms with E-state index in [0.29, 0.717) is 31.6 Å². The minimum absolute atomic E-state index is 0.134. The number of piperidine rings is 1. The molecule has 1 saturated heterocycles. The summed E-state index contributed by atoms with van der Waals surface area (Å²) in [6.45, 7) is 9.89. The molecule has 8 nitrogen and oxygen atoms in total. The number of benzene rings is 1. The van der Waals surface area contributed by atoms with Gasteiger partial charge in [0.15, 0.2) is 0 Å². The first kappa shape index (κ1) is 23.2. The van der Waals surface area contributed by atoms with E-state index in [1.807, 2.05) is 20.8 Å². The Morgan fingerprint density at radius 2 is 1.66 bits per heavy atom. The Labute approximate surface area is 173 Å². The predicted octanol–water partition coefficient (Wildman–Crippen LogP) is 2.96. The number of ether oxygens (including phenoxy) is 1. The molecule has 0 bridgehead atoms. The molecule has 0 aromatic heterocycles. The molecule has 29 heavy (non-hydrogen) atoms. The van der Waals surface area contributed by atoms with Crippen LogP contribution in [0.15, 0.2) is 29.2 Å². The van der Waals surface area contributed by atoms with Crippen LogP contribution >= 0.6 is 0 Å². The molecule has 0 saturated carbocycles. The minimum Gasteiger partial charge on any atom is -0.444 e. The first-order chi connectivity index (χ1) is 13.4. The van der Waals surface area contributed by atoms with Crippen molar-refractivity contribution in [2.45, 2.75) is 64.0 Å². The standard InChI is InChI=1S/C20H31N3O5S/c1-14(2)22-29(26,27)17-8-6-16(7-9-17)21-18(24)15-10-12-23(13-11-15)19(25)28-20(3,4)5/h6-9,14-15,22H,10-13H2,1-5H3,(H,21,24). The lowest BCUT2D eigenvalue weighted by molar-refractivity contribution is -0.121. The SMILES string of the molecule is CC(C)NS(=O)(=O)c1ccc(NC(=O)C2CCN(C(=O)OC(C)(C)C)CC2)cc1. The molecule has 0 unspecified atom stereocenters. The maximum Gasteiger partial charge on any atom is 0.410 e. The van der Waals surface area contributed by atoms with Crippen LogP contribution < -0.4 is 10.0 Å². The minimum atomic E-state index is -3.56. The van der Waals surface area contributed by atoms with Crippen LogP contribution in [0.25, 0.3) is 0 Å². The summed E-state index contributed by atoms with van der Waals surface area (Å²) < 4.78 is 32.2. The van der Waals surface area contributed by atoms with E-state index in [2.05, 4.69) is 10.0 Å². The number of amides is 2. The lowest BCUT2D eigenvalue weighted by Crippen LogP contribution is -2.43. The number of likely N-dealkylation sites (tertiary alicyclic amines) is 1. The molecule has 0 radical (unpaired) electrons. The molecule has 2 N–H and O–H groups in total. The smallest absolute Gasteiger partial charge is 0.410 e. The van der Waals surface area contributed by atoms with E-state index in [9.17, 15) is 18.0 Å². The van der Waals surface area contributed by atoms with Crippen LogP contribution in [-0.4, -0.2) is 50.1 Å². The van der Waals surface area contributed by atoms with E-state index in [-0.39, 0.29) is 28.9 Å². The maximum atomic E-state index is 12.5. The molecule has 2 amide bonds. The summed E-state index contributed by atoms with van der Waals surface area (Å²) in [6.07, 6.45) is 0.745. The molecule has 162 valence electrons. The number of rotatable bonds is 5.